The van der Waals surface area contributed by atoms with E-state index in [4.69, 9.17) is 9.47 Å². The zero-order valence-electron chi connectivity index (χ0n) is 15.9. The van der Waals surface area contributed by atoms with E-state index in [-0.39, 0.29) is 24.0 Å². The van der Waals surface area contributed by atoms with Gasteiger partial charge in [-0.15, -0.1) is 24.0 Å². The Morgan fingerprint density at radius 1 is 1.19 bits per heavy atom. The summed E-state index contributed by atoms with van der Waals surface area (Å²) in [5.74, 6) is 3.33. The number of para-hydroxylation sites is 1. The van der Waals surface area contributed by atoms with Crippen LogP contribution in [0.1, 0.15) is 31.7 Å². The highest BCUT2D eigenvalue weighted by Gasteiger charge is 2.25. The number of nitrogens with zero attached hydrogens (tertiary/aromatic N) is 2. The number of benzene rings is 1. The molecule has 1 saturated heterocycles. The fourth-order valence-electron chi connectivity index (χ4n) is 3.23. The highest BCUT2D eigenvalue weighted by atomic mass is 127. The number of halogens is 1. The van der Waals surface area contributed by atoms with Crippen molar-refractivity contribution in [2.75, 3.05) is 40.0 Å². The predicted molar refractivity (Wildman–Crippen MR) is 116 cm³/mol. The topological polar surface area (TPSA) is 46.1 Å². The van der Waals surface area contributed by atoms with E-state index in [0.717, 1.165) is 57.1 Å². The second-order valence-corrected chi connectivity index (χ2v) is 7.02. The number of hydrogen-bond acceptors (Lipinski definition) is 3. The summed E-state index contributed by atoms with van der Waals surface area (Å²) in [4.78, 5) is 6.79. The van der Waals surface area contributed by atoms with Crippen LogP contribution in [0, 0.1) is 11.8 Å². The maximum absolute atomic E-state index is 6.00. The first-order valence-corrected chi connectivity index (χ1v) is 9.54. The molecule has 0 bridgehead atoms. The van der Waals surface area contributed by atoms with Gasteiger partial charge in [0.2, 0.25) is 0 Å². The molecule has 2 aliphatic rings. The molecule has 0 amide bonds. The van der Waals surface area contributed by atoms with E-state index in [1.807, 2.05) is 13.1 Å². The highest BCUT2D eigenvalue weighted by molar-refractivity contribution is 14.0. The van der Waals surface area contributed by atoms with Gasteiger partial charge in [0, 0.05) is 44.8 Å². The lowest BCUT2D eigenvalue weighted by Crippen LogP contribution is -2.39. The maximum Gasteiger partial charge on any atom is 0.193 e. The minimum absolute atomic E-state index is 0. The normalized spacial score (nSPS) is 20.0. The standard InChI is InChI=1S/C20H31N3O2.HI/c1-3-24-14-17-10-11-23(13-17)20(21-2)22-12-18-6-4-5-7-19(18)25-15-16-8-9-16;/h4-7,16-17H,3,8-15H2,1-2H3,(H,21,22);1H. The van der Waals surface area contributed by atoms with Crippen LogP contribution in [-0.4, -0.2) is 50.8 Å². The van der Waals surface area contributed by atoms with Crippen LogP contribution in [0.25, 0.3) is 0 Å². The molecule has 0 spiro atoms. The molecule has 1 atom stereocenters. The molecule has 146 valence electrons. The Balaban J connectivity index is 0.00000243. The quantitative estimate of drug-likeness (QED) is 0.357. The van der Waals surface area contributed by atoms with Crippen LogP contribution in [0.4, 0.5) is 0 Å². The average molecular weight is 473 g/mol. The van der Waals surface area contributed by atoms with Crippen molar-refractivity contribution in [2.24, 2.45) is 16.8 Å². The average Bonchev–Trinajstić information content (AvgIpc) is 3.36. The number of nitrogens with one attached hydrogen (secondary N) is 1. The minimum atomic E-state index is 0. The number of aliphatic imine (C=N–C) groups is 1. The van der Waals surface area contributed by atoms with E-state index >= 15 is 0 Å². The lowest BCUT2D eigenvalue weighted by atomic mass is 10.1. The van der Waals surface area contributed by atoms with E-state index in [0.29, 0.717) is 5.92 Å². The van der Waals surface area contributed by atoms with Crippen molar-refractivity contribution in [1.82, 2.24) is 10.2 Å². The molecule has 6 heteroatoms. The highest BCUT2D eigenvalue weighted by Crippen LogP contribution is 2.30. The largest absolute Gasteiger partial charge is 0.493 e. The van der Waals surface area contributed by atoms with Gasteiger partial charge < -0.3 is 19.7 Å². The van der Waals surface area contributed by atoms with Gasteiger partial charge in [0.15, 0.2) is 5.96 Å². The number of likely N-dealkylation sites (tertiary alicyclic amines) is 1. The van der Waals surface area contributed by atoms with Crippen LogP contribution in [-0.2, 0) is 11.3 Å². The lowest BCUT2D eigenvalue weighted by Gasteiger charge is -2.22. The van der Waals surface area contributed by atoms with E-state index in [2.05, 4.69) is 40.3 Å². The fraction of sp³-hybridized carbons (Fsp3) is 0.650. The van der Waals surface area contributed by atoms with Gasteiger partial charge in [-0.25, -0.2) is 0 Å². The smallest absolute Gasteiger partial charge is 0.193 e. The molecular weight excluding hydrogens is 441 g/mol. The molecule has 1 aliphatic heterocycles. The summed E-state index contributed by atoms with van der Waals surface area (Å²) in [6.45, 7) is 7.33. The summed E-state index contributed by atoms with van der Waals surface area (Å²) in [6, 6.07) is 8.30. The SMILES string of the molecule is CCOCC1CCN(C(=NC)NCc2ccccc2OCC2CC2)C1.I. The molecule has 2 fully saturated rings. The third-order valence-electron chi connectivity index (χ3n) is 4.94. The summed E-state index contributed by atoms with van der Waals surface area (Å²) in [5.41, 5.74) is 1.19. The van der Waals surface area contributed by atoms with Gasteiger partial charge in [0.25, 0.3) is 0 Å². The molecule has 5 nitrogen and oxygen atoms in total. The van der Waals surface area contributed by atoms with Crippen molar-refractivity contribution in [3.8, 4) is 5.75 Å². The molecule has 1 aliphatic carbocycles. The van der Waals surface area contributed by atoms with Crippen LogP contribution in [0.3, 0.4) is 0 Å². The molecule has 3 rings (SSSR count). The Labute approximate surface area is 174 Å². The number of hydrogen-bond donors (Lipinski definition) is 1. The first-order valence-electron chi connectivity index (χ1n) is 9.54. The van der Waals surface area contributed by atoms with Crippen LogP contribution in [0.5, 0.6) is 5.75 Å². The van der Waals surface area contributed by atoms with E-state index in [9.17, 15) is 0 Å². The molecule has 1 aromatic carbocycles. The number of guanidine groups is 1. The summed E-state index contributed by atoms with van der Waals surface area (Å²) in [6.07, 6.45) is 3.79. The van der Waals surface area contributed by atoms with Crippen LogP contribution < -0.4 is 10.1 Å². The summed E-state index contributed by atoms with van der Waals surface area (Å²) >= 11 is 0. The Morgan fingerprint density at radius 2 is 2.00 bits per heavy atom. The van der Waals surface area contributed by atoms with E-state index < -0.39 is 0 Å². The molecule has 0 radical (unpaired) electrons. The fourth-order valence-corrected chi connectivity index (χ4v) is 3.23. The van der Waals surface area contributed by atoms with Crippen molar-refractivity contribution in [2.45, 2.75) is 32.7 Å². The lowest BCUT2D eigenvalue weighted by molar-refractivity contribution is 0.114. The Bertz CT molecular complexity index is 578. The van der Waals surface area contributed by atoms with E-state index in [1.165, 1.54) is 24.8 Å². The molecule has 26 heavy (non-hydrogen) atoms. The van der Waals surface area contributed by atoms with Crippen molar-refractivity contribution in [1.29, 1.82) is 0 Å². The minimum Gasteiger partial charge on any atom is -0.493 e. The van der Waals surface area contributed by atoms with Gasteiger partial charge in [-0.3, -0.25) is 4.99 Å². The third kappa shape index (κ3) is 6.30. The van der Waals surface area contributed by atoms with Gasteiger partial charge in [-0.2, -0.15) is 0 Å². The molecule has 1 unspecified atom stereocenters. The van der Waals surface area contributed by atoms with Crippen molar-refractivity contribution < 1.29 is 9.47 Å². The predicted octanol–water partition coefficient (Wildman–Crippen LogP) is 3.53. The molecule has 1 aromatic rings. The van der Waals surface area contributed by atoms with Crippen LogP contribution in [0.15, 0.2) is 29.3 Å². The molecular formula is C20H32IN3O2. The van der Waals surface area contributed by atoms with Gasteiger partial charge >= 0.3 is 0 Å². The second kappa shape index (κ2) is 11.0. The van der Waals surface area contributed by atoms with Gasteiger partial charge in [0.1, 0.15) is 5.75 Å². The second-order valence-electron chi connectivity index (χ2n) is 7.02. The summed E-state index contributed by atoms with van der Waals surface area (Å²) < 4.78 is 11.6. The van der Waals surface area contributed by atoms with Gasteiger partial charge in [-0.1, -0.05) is 18.2 Å². The number of ether oxygens (including phenoxy) is 2. The van der Waals surface area contributed by atoms with Crippen molar-refractivity contribution >= 4 is 29.9 Å². The molecule has 0 aromatic heterocycles. The van der Waals surface area contributed by atoms with Gasteiger partial charge in [-0.05, 0) is 38.2 Å². The first-order chi connectivity index (χ1) is 12.3. The van der Waals surface area contributed by atoms with Crippen molar-refractivity contribution in [3.63, 3.8) is 0 Å². The van der Waals surface area contributed by atoms with Crippen LogP contribution >= 0.6 is 24.0 Å². The zero-order valence-corrected chi connectivity index (χ0v) is 18.3. The Kier molecular flexibility index (Phi) is 8.98. The molecule has 1 N–H and O–H groups in total. The van der Waals surface area contributed by atoms with Crippen LogP contribution in [0.2, 0.25) is 0 Å². The molecule has 1 heterocycles. The van der Waals surface area contributed by atoms with Gasteiger partial charge in [0.05, 0.1) is 13.2 Å². The van der Waals surface area contributed by atoms with Crippen molar-refractivity contribution in [3.05, 3.63) is 29.8 Å². The molecule has 1 saturated carbocycles. The first kappa shape index (κ1) is 21.3. The monoisotopic (exact) mass is 473 g/mol. The zero-order chi connectivity index (χ0) is 17.5. The maximum atomic E-state index is 6.00. The third-order valence-corrected chi connectivity index (χ3v) is 4.94. The summed E-state index contributed by atoms with van der Waals surface area (Å²) in [7, 11) is 1.85. The Hall–Kier alpha value is -1.02. The Morgan fingerprint density at radius 3 is 2.73 bits per heavy atom. The summed E-state index contributed by atoms with van der Waals surface area (Å²) in [5, 5.41) is 3.50. The van der Waals surface area contributed by atoms with E-state index in [1.54, 1.807) is 0 Å². The number of rotatable bonds is 8.